The summed E-state index contributed by atoms with van der Waals surface area (Å²) < 4.78 is 63.7. The molecular formula is C31H40FN6O9P. The first-order chi connectivity index (χ1) is 22.9. The molecule has 48 heavy (non-hydrogen) atoms. The average Bonchev–Trinajstić information content (AvgIpc) is 3.62. The van der Waals surface area contributed by atoms with E-state index in [1.165, 1.54) is 30.0 Å². The molecule has 0 radical (unpaired) electrons. The normalized spacial score (nSPS) is 20.9. The minimum atomic E-state index is -4.43. The van der Waals surface area contributed by atoms with Crippen LogP contribution in [0.5, 0.6) is 5.75 Å². The first-order valence-electron chi connectivity index (χ1n) is 15.5. The van der Waals surface area contributed by atoms with Crippen LogP contribution in [0.15, 0.2) is 36.7 Å². The highest BCUT2D eigenvalue weighted by molar-refractivity contribution is 7.52. The molecule has 0 bridgehead atoms. The Kier molecular flexibility index (Phi) is 12.3. The van der Waals surface area contributed by atoms with Gasteiger partial charge in [-0.05, 0) is 39.3 Å². The third-order valence-electron chi connectivity index (χ3n) is 7.19. The summed E-state index contributed by atoms with van der Waals surface area (Å²) in [6, 6.07) is 6.95. The molecule has 0 aliphatic carbocycles. The summed E-state index contributed by atoms with van der Waals surface area (Å²) >= 11 is 0. The van der Waals surface area contributed by atoms with Crippen molar-refractivity contribution in [3.8, 4) is 18.1 Å². The van der Waals surface area contributed by atoms with Gasteiger partial charge in [0.05, 0.1) is 19.0 Å². The molecule has 3 heterocycles. The smallest absolute Gasteiger partial charge is 0.462 e. The second-order valence-corrected chi connectivity index (χ2v) is 13.0. The van der Waals surface area contributed by atoms with Crippen molar-refractivity contribution in [2.45, 2.75) is 89.9 Å². The standard InChI is InChI=1S/C31H40FN6O9P/c1-6-8-9-13-16-42-30(40)45-23-17-24(38-19-34-25-26(33)35-29(32)36-27(25)38)46-31(23,7-2)18-43-48(41,47-22-14-11-10-12-15-22)37-21(5)28(39)44-20(3)4/h2,10-12,14-15,19-21,23-24H,6,8-9,13,16-18H2,1,3-5H3,(H,37,41)(H2,33,35,36)/t21-,23?,24+,31+,48-/m0/s1. The molecule has 0 amide bonds. The molecule has 2 aromatic heterocycles. The highest BCUT2D eigenvalue weighted by Crippen LogP contribution is 2.48. The van der Waals surface area contributed by atoms with E-state index < -0.39 is 62.6 Å². The van der Waals surface area contributed by atoms with E-state index in [1.54, 1.807) is 32.0 Å². The van der Waals surface area contributed by atoms with Crippen LogP contribution >= 0.6 is 7.75 Å². The Bertz CT molecular complexity index is 1650. The zero-order valence-electron chi connectivity index (χ0n) is 27.2. The number of nitrogen functional groups attached to an aromatic ring is 1. The zero-order chi connectivity index (χ0) is 34.9. The quantitative estimate of drug-likeness (QED) is 0.0666. The van der Waals surface area contributed by atoms with Crippen molar-refractivity contribution >= 4 is 36.9 Å². The van der Waals surface area contributed by atoms with Crippen molar-refractivity contribution in [1.82, 2.24) is 24.6 Å². The lowest BCUT2D eigenvalue weighted by molar-refractivity contribution is -0.149. The van der Waals surface area contributed by atoms with Crippen LogP contribution in [0.4, 0.5) is 15.0 Å². The lowest BCUT2D eigenvalue weighted by Crippen LogP contribution is -2.46. The Morgan fingerprint density at radius 2 is 1.98 bits per heavy atom. The van der Waals surface area contributed by atoms with E-state index >= 15 is 0 Å². The van der Waals surface area contributed by atoms with E-state index in [1.807, 2.05) is 0 Å². The van der Waals surface area contributed by atoms with Gasteiger partial charge in [-0.2, -0.15) is 19.4 Å². The number of imidazole rings is 1. The van der Waals surface area contributed by atoms with Gasteiger partial charge in [-0.1, -0.05) is 50.3 Å². The number of anilines is 1. The number of benzene rings is 1. The van der Waals surface area contributed by atoms with Crippen LogP contribution in [0.3, 0.4) is 0 Å². The highest BCUT2D eigenvalue weighted by Gasteiger charge is 2.53. The second kappa shape index (κ2) is 16.2. The summed E-state index contributed by atoms with van der Waals surface area (Å²) in [6.45, 7) is 6.26. The summed E-state index contributed by atoms with van der Waals surface area (Å²) in [5.41, 5.74) is 4.03. The third-order valence-corrected chi connectivity index (χ3v) is 8.81. The number of hydrogen-bond acceptors (Lipinski definition) is 13. The van der Waals surface area contributed by atoms with Crippen LogP contribution in [0.25, 0.3) is 11.2 Å². The predicted octanol–water partition coefficient (Wildman–Crippen LogP) is 5.07. The monoisotopic (exact) mass is 690 g/mol. The van der Waals surface area contributed by atoms with Crippen molar-refractivity contribution in [3.05, 3.63) is 42.7 Å². The molecule has 15 nitrogen and oxygen atoms in total. The molecule has 1 unspecified atom stereocenters. The molecule has 3 aromatic rings. The van der Waals surface area contributed by atoms with Gasteiger partial charge in [0, 0.05) is 6.42 Å². The molecule has 1 aliphatic rings. The van der Waals surface area contributed by atoms with Gasteiger partial charge >= 0.3 is 25.9 Å². The van der Waals surface area contributed by atoms with Gasteiger partial charge in [0.25, 0.3) is 0 Å². The molecule has 1 saturated heterocycles. The first-order valence-corrected chi connectivity index (χ1v) is 17.0. The van der Waals surface area contributed by atoms with Crippen molar-refractivity contribution in [2.75, 3.05) is 18.9 Å². The molecular weight excluding hydrogens is 650 g/mol. The van der Waals surface area contributed by atoms with Crippen LogP contribution < -0.4 is 15.3 Å². The number of carbonyl (C=O) groups excluding carboxylic acids is 2. The maximum absolute atomic E-state index is 14.2. The Balaban J connectivity index is 1.63. The van der Waals surface area contributed by atoms with Gasteiger partial charge in [-0.25, -0.2) is 14.3 Å². The molecule has 1 aliphatic heterocycles. The lowest BCUT2D eigenvalue weighted by atomic mass is 9.99. The lowest BCUT2D eigenvalue weighted by Gasteiger charge is -2.31. The Morgan fingerprint density at radius 3 is 2.67 bits per heavy atom. The maximum atomic E-state index is 14.2. The van der Waals surface area contributed by atoms with Crippen LogP contribution in [-0.4, -0.2) is 68.7 Å². The molecule has 3 N–H and O–H groups in total. The number of esters is 1. The largest absolute Gasteiger partial charge is 0.508 e. The number of hydrogen-bond donors (Lipinski definition) is 2. The maximum Gasteiger partial charge on any atom is 0.508 e. The number of para-hydroxylation sites is 1. The van der Waals surface area contributed by atoms with E-state index in [9.17, 15) is 18.5 Å². The number of nitrogens with one attached hydrogen (secondary N) is 1. The van der Waals surface area contributed by atoms with Gasteiger partial charge in [0.2, 0.25) is 0 Å². The number of ether oxygens (including phenoxy) is 4. The minimum Gasteiger partial charge on any atom is -0.462 e. The fourth-order valence-electron chi connectivity index (χ4n) is 4.82. The van der Waals surface area contributed by atoms with Gasteiger partial charge in [0.1, 0.15) is 24.6 Å². The molecule has 1 fully saturated rings. The fraction of sp³-hybridized carbons (Fsp3) is 0.516. The van der Waals surface area contributed by atoms with Gasteiger partial charge in [0.15, 0.2) is 28.7 Å². The van der Waals surface area contributed by atoms with Crippen molar-refractivity contribution in [1.29, 1.82) is 0 Å². The number of nitrogens with two attached hydrogens (primary N) is 1. The number of rotatable bonds is 16. The number of halogens is 1. The van der Waals surface area contributed by atoms with Crippen LogP contribution in [0, 0.1) is 18.4 Å². The molecule has 17 heteroatoms. The molecule has 4 rings (SSSR count). The topological polar surface area (TPSA) is 188 Å². The number of carbonyl (C=O) groups is 2. The van der Waals surface area contributed by atoms with Gasteiger partial charge in [-0.15, -0.1) is 6.42 Å². The summed E-state index contributed by atoms with van der Waals surface area (Å²) in [6.07, 6.45) is 5.83. The van der Waals surface area contributed by atoms with Crippen LogP contribution in [0.2, 0.25) is 0 Å². The first kappa shape index (κ1) is 36.5. The summed E-state index contributed by atoms with van der Waals surface area (Å²) in [5.74, 6) is 1.72. The Labute approximate surface area is 277 Å². The van der Waals surface area contributed by atoms with E-state index in [-0.39, 0.29) is 35.8 Å². The van der Waals surface area contributed by atoms with E-state index in [0.717, 1.165) is 19.3 Å². The molecule has 5 atom stereocenters. The Hall–Kier alpha value is -4.29. The van der Waals surface area contributed by atoms with Gasteiger partial charge in [-0.3, -0.25) is 13.9 Å². The molecule has 0 saturated carbocycles. The number of unbranched alkanes of at least 4 members (excludes halogenated alkanes) is 3. The van der Waals surface area contributed by atoms with E-state index in [4.69, 9.17) is 40.2 Å². The third kappa shape index (κ3) is 9.19. The number of fused-ring (bicyclic) bond motifs is 1. The van der Waals surface area contributed by atoms with E-state index in [2.05, 4.69) is 32.9 Å². The van der Waals surface area contributed by atoms with Gasteiger partial charge < -0.3 is 29.2 Å². The SMILES string of the molecule is C#C[C@]1(CO[P@@](=O)(N[C@@H](C)C(=O)OC(C)C)Oc2ccccc2)O[C@@H](n2cnc3c(N)nc(F)nc32)CC1OC(=O)OCCCCCC. The summed E-state index contributed by atoms with van der Waals surface area (Å²) in [7, 11) is -4.43. The summed E-state index contributed by atoms with van der Waals surface area (Å²) in [5, 5.41) is 2.58. The Morgan fingerprint density at radius 1 is 1.23 bits per heavy atom. The molecule has 1 aromatic carbocycles. The summed E-state index contributed by atoms with van der Waals surface area (Å²) in [4.78, 5) is 36.9. The molecule has 0 spiro atoms. The number of nitrogens with zero attached hydrogens (tertiary/aromatic N) is 4. The highest BCUT2D eigenvalue weighted by atomic mass is 31.2. The fourth-order valence-corrected chi connectivity index (χ4v) is 6.34. The van der Waals surface area contributed by atoms with Crippen LogP contribution in [-0.2, 0) is 32.8 Å². The molecule has 260 valence electrons. The second-order valence-electron chi connectivity index (χ2n) is 11.3. The number of aromatic nitrogens is 4. The van der Waals surface area contributed by atoms with Crippen molar-refractivity contribution < 1.29 is 46.5 Å². The van der Waals surface area contributed by atoms with Crippen molar-refractivity contribution in [3.63, 3.8) is 0 Å². The van der Waals surface area contributed by atoms with E-state index in [0.29, 0.717) is 6.42 Å². The van der Waals surface area contributed by atoms with Crippen molar-refractivity contribution in [2.24, 2.45) is 0 Å². The number of terminal acetylenes is 1. The zero-order valence-corrected chi connectivity index (χ0v) is 28.1. The minimum absolute atomic E-state index is 0.00627. The average molecular weight is 691 g/mol. The predicted molar refractivity (Wildman–Crippen MR) is 171 cm³/mol. The van der Waals surface area contributed by atoms with Crippen LogP contribution in [0.1, 0.15) is 66.0 Å².